The maximum atomic E-state index is 14.1. The van der Waals surface area contributed by atoms with E-state index in [9.17, 15) is 19.5 Å². The van der Waals surface area contributed by atoms with Gasteiger partial charge in [0.15, 0.2) is 5.54 Å². The first kappa shape index (κ1) is 23.3. The van der Waals surface area contributed by atoms with Crippen LogP contribution >= 0.6 is 0 Å². The highest BCUT2D eigenvalue weighted by Gasteiger charge is 2.66. The number of anilines is 1. The number of methoxy groups -OCH3 is 2. The number of hydrogen-bond donors (Lipinski definition) is 1. The Bertz CT molecular complexity index is 1190. The number of benzene rings is 2. The predicted octanol–water partition coefficient (Wildman–Crippen LogP) is 2.84. The summed E-state index contributed by atoms with van der Waals surface area (Å²) < 4.78 is 10.3. The minimum absolute atomic E-state index is 0.0970. The van der Waals surface area contributed by atoms with Crippen LogP contribution in [0, 0.1) is 0 Å². The Labute approximate surface area is 197 Å². The van der Waals surface area contributed by atoms with Gasteiger partial charge in [0.25, 0.3) is 17.6 Å². The standard InChI is InChI=1S/C26H26N2O6/c1-4-14-27-20-9-6-5-8-19(20)26(25(27)32)21(22(29)17-10-12-18(34-3)13-11-17)23(30)24(31)28(26)15-7-16-33-2/h4-6,8-13,29H,1,7,14-16H2,2-3H3. The number of aliphatic hydroxyl groups is 1. The zero-order chi connectivity index (χ0) is 24.5. The van der Waals surface area contributed by atoms with Gasteiger partial charge in [-0.05, 0) is 36.8 Å². The van der Waals surface area contributed by atoms with Crippen molar-refractivity contribution in [1.29, 1.82) is 0 Å². The fourth-order valence-corrected chi connectivity index (χ4v) is 4.74. The van der Waals surface area contributed by atoms with Crippen molar-refractivity contribution in [2.45, 2.75) is 12.0 Å². The third-order valence-electron chi connectivity index (χ3n) is 6.21. The third-order valence-corrected chi connectivity index (χ3v) is 6.21. The highest BCUT2D eigenvalue weighted by atomic mass is 16.5. The van der Waals surface area contributed by atoms with Crippen LogP contribution in [0.2, 0.25) is 0 Å². The Kier molecular flexibility index (Phi) is 6.26. The molecule has 1 fully saturated rings. The number of amides is 2. The largest absolute Gasteiger partial charge is 0.507 e. The van der Waals surface area contributed by atoms with Crippen molar-refractivity contribution in [3.05, 3.63) is 77.9 Å². The average molecular weight is 463 g/mol. The third kappa shape index (κ3) is 3.30. The quantitative estimate of drug-likeness (QED) is 0.213. The van der Waals surface area contributed by atoms with Gasteiger partial charge in [0, 0.05) is 37.9 Å². The van der Waals surface area contributed by atoms with Gasteiger partial charge in [-0.2, -0.15) is 0 Å². The first-order valence-corrected chi connectivity index (χ1v) is 10.9. The predicted molar refractivity (Wildman–Crippen MR) is 126 cm³/mol. The highest BCUT2D eigenvalue weighted by Crippen LogP contribution is 2.53. The number of nitrogens with zero attached hydrogens (tertiary/aromatic N) is 2. The molecule has 2 aromatic rings. The number of carbonyl (C=O) groups is 3. The number of ether oxygens (including phenoxy) is 2. The topological polar surface area (TPSA) is 96.4 Å². The monoisotopic (exact) mass is 462 g/mol. The van der Waals surface area contributed by atoms with Gasteiger partial charge in [0.1, 0.15) is 11.5 Å². The van der Waals surface area contributed by atoms with Gasteiger partial charge in [0.05, 0.1) is 18.4 Å². The maximum Gasteiger partial charge on any atom is 0.296 e. The molecule has 34 heavy (non-hydrogen) atoms. The molecule has 176 valence electrons. The smallest absolute Gasteiger partial charge is 0.296 e. The molecule has 1 saturated heterocycles. The fourth-order valence-electron chi connectivity index (χ4n) is 4.74. The summed E-state index contributed by atoms with van der Waals surface area (Å²) in [6.45, 7) is 4.36. The second kappa shape index (κ2) is 9.15. The van der Waals surface area contributed by atoms with E-state index in [-0.39, 0.29) is 18.7 Å². The number of ketones is 1. The zero-order valence-corrected chi connectivity index (χ0v) is 19.1. The summed E-state index contributed by atoms with van der Waals surface area (Å²) in [6.07, 6.45) is 1.99. The molecule has 1 spiro atoms. The van der Waals surface area contributed by atoms with E-state index in [1.165, 1.54) is 24.0 Å². The number of hydrogen-bond acceptors (Lipinski definition) is 6. The Morgan fingerprint density at radius 2 is 1.79 bits per heavy atom. The lowest BCUT2D eigenvalue weighted by Crippen LogP contribution is -2.52. The number of para-hydroxylation sites is 1. The minimum Gasteiger partial charge on any atom is -0.507 e. The molecule has 2 heterocycles. The summed E-state index contributed by atoms with van der Waals surface area (Å²) in [5, 5.41) is 11.4. The molecule has 0 radical (unpaired) electrons. The normalized spacial score (nSPS) is 20.8. The first-order chi connectivity index (χ1) is 16.4. The molecule has 1 unspecified atom stereocenters. The van der Waals surface area contributed by atoms with Crippen LogP contribution in [0.25, 0.3) is 5.76 Å². The van der Waals surface area contributed by atoms with Crippen LogP contribution in [0.4, 0.5) is 5.69 Å². The SMILES string of the molecule is C=CCN1C(=O)C2(C(=C(O)c3ccc(OC)cc3)C(=O)C(=O)N2CCCOC)c2ccccc21. The van der Waals surface area contributed by atoms with Crippen molar-refractivity contribution in [3.8, 4) is 5.75 Å². The highest BCUT2D eigenvalue weighted by molar-refractivity contribution is 6.50. The Morgan fingerprint density at radius 1 is 1.09 bits per heavy atom. The minimum atomic E-state index is -1.79. The van der Waals surface area contributed by atoms with Crippen LogP contribution in [0.5, 0.6) is 5.75 Å². The Hall–Kier alpha value is -3.91. The number of likely N-dealkylation sites (tertiary alicyclic amines) is 1. The van der Waals surface area contributed by atoms with E-state index in [1.807, 2.05) is 0 Å². The first-order valence-electron chi connectivity index (χ1n) is 10.9. The second-order valence-electron chi connectivity index (χ2n) is 8.02. The van der Waals surface area contributed by atoms with Crippen molar-refractivity contribution in [2.24, 2.45) is 0 Å². The van der Waals surface area contributed by atoms with Crippen molar-refractivity contribution in [1.82, 2.24) is 4.90 Å². The molecular formula is C26H26N2O6. The van der Waals surface area contributed by atoms with E-state index >= 15 is 0 Å². The van der Waals surface area contributed by atoms with Crippen LogP contribution in [0.3, 0.4) is 0 Å². The van der Waals surface area contributed by atoms with Gasteiger partial charge in [-0.1, -0.05) is 24.3 Å². The van der Waals surface area contributed by atoms with Gasteiger partial charge in [-0.15, -0.1) is 6.58 Å². The van der Waals surface area contributed by atoms with Gasteiger partial charge in [0.2, 0.25) is 0 Å². The summed E-state index contributed by atoms with van der Waals surface area (Å²) in [4.78, 5) is 43.6. The van der Waals surface area contributed by atoms with Crippen LogP contribution in [-0.2, 0) is 24.7 Å². The molecule has 2 aliphatic heterocycles. The molecule has 0 saturated carbocycles. The van der Waals surface area contributed by atoms with Gasteiger partial charge < -0.3 is 24.4 Å². The van der Waals surface area contributed by atoms with Crippen molar-refractivity contribution >= 4 is 29.0 Å². The average Bonchev–Trinajstić information content (AvgIpc) is 3.23. The molecule has 1 atom stereocenters. The summed E-state index contributed by atoms with van der Waals surface area (Å²) >= 11 is 0. The molecule has 2 aliphatic rings. The van der Waals surface area contributed by atoms with Crippen LogP contribution in [-0.4, -0.2) is 61.5 Å². The lowest BCUT2D eigenvalue weighted by molar-refractivity contribution is -0.143. The van der Waals surface area contributed by atoms with Crippen molar-refractivity contribution < 1.29 is 29.0 Å². The molecule has 4 rings (SSSR count). The molecular weight excluding hydrogens is 436 g/mol. The summed E-state index contributed by atoms with van der Waals surface area (Å²) in [6, 6.07) is 13.4. The number of aliphatic hydroxyl groups excluding tert-OH is 1. The molecule has 0 bridgehead atoms. The number of carbonyl (C=O) groups excluding carboxylic acids is 3. The maximum absolute atomic E-state index is 14.1. The van der Waals surface area contributed by atoms with Crippen LogP contribution in [0.1, 0.15) is 17.5 Å². The zero-order valence-electron chi connectivity index (χ0n) is 19.1. The summed E-state index contributed by atoms with van der Waals surface area (Å²) in [7, 11) is 3.05. The molecule has 8 heteroatoms. The van der Waals surface area contributed by atoms with Gasteiger partial charge in [-0.3, -0.25) is 14.4 Å². The Morgan fingerprint density at radius 3 is 2.44 bits per heavy atom. The van der Waals surface area contributed by atoms with Crippen molar-refractivity contribution in [3.63, 3.8) is 0 Å². The molecule has 8 nitrogen and oxygen atoms in total. The summed E-state index contributed by atoms with van der Waals surface area (Å²) in [5.74, 6) is -2.09. The second-order valence-corrected chi connectivity index (χ2v) is 8.02. The lowest BCUT2D eigenvalue weighted by Gasteiger charge is -2.34. The van der Waals surface area contributed by atoms with E-state index in [1.54, 1.807) is 54.6 Å². The van der Waals surface area contributed by atoms with Crippen molar-refractivity contribution in [2.75, 3.05) is 38.8 Å². The van der Waals surface area contributed by atoms with E-state index in [4.69, 9.17) is 9.47 Å². The molecule has 0 aliphatic carbocycles. The van der Waals surface area contributed by atoms with Gasteiger partial charge >= 0.3 is 0 Å². The molecule has 2 aromatic carbocycles. The fraction of sp³-hybridized carbons (Fsp3) is 0.269. The lowest BCUT2D eigenvalue weighted by atomic mass is 9.82. The molecule has 2 amide bonds. The van der Waals surface area contributed by atoms with E-state index in [0.717, 1.165) is 0 Å². The van der Waals surface area contributed by atoms with E-state index in [2.05, 4.69) is 6.58 Å². The summed E-state index contributed by atoms with van der Waals surface area (Å²) in [5.41, 5.74) is -0.710. The number of Topliss-reactive ketones (excluding diaryl/α,β-unsaturated/α-hetero) is 1. The number of fused-ring (bicyclic) bond motifs is 2. The van der Waals surface area contributed by atoms with E-state index in [0.29, 0.717) is 35.6 Å². The molecule has 0 aromatic heterocycles. The van der Waals surface area contributed by atoms with Crippen LogP contribution < -0.4 is 9.64 Å². The van der Waals surface area contributed by atoms with E-state index < -0.39 is 28.9 Å². The van der Waals surface area contributed by atoms with Crippen LogP contribution in [0.15, 0.2) is 66.8 Å². The number of rotatable bonds is 8. The van der Waals surface area contributed by atoms with Gasteiger partial charge in [-0.25, -0.2) is 0 Å². The molecule has 1 N–H and O–H groups in total. The Balaban J connectivity index is 2.00.